The minimum absolute atomic E-state index is 0.280. The molecule has 0 saturated heterocycles. The molecule has 1 aromatic rings. The van der Waals surface area contributed by atoms with Crippen molar-refractivity contribution in [2.45, 2.75) is 21.8 Å². The lowest BCUT2D eigenvalue weighted by atomic mass is 10.4. The van der Waals surface area contributed by atoms with Crippen LogP contribution in [0.3, 0.4) is 0 Å². The zero-order valence-electron chi connectivity index (χ0n) is 6.36. The molecule has 0 spiro atoms. The summed E-state index contributed by atoms with van der Waals surface area (Å²) in [4.78, 5) is 0. The molecule has 3 rings (SSSR count). The molecule has 2 aliphatic carbocycles. The van der Waals surface area contributed by atoms with Crippen molar-refractivity contribution in [3.8, 4) is 0 Å². The summed E-state index contributed by atoms with van der Waals surface area (Å²) in [5, 5.41) is 1.82. The first-order valence-electron chi connectivity index (χ1n) is 3.95. The summed E-state index contributed by atoms with van der Waals surface area (Å²) >= 11 is 1.34. The van der Waals surface area contributed by atoms with Gasteiger partial charge in [0, 0.05) is 0 Å². The average Bonchev–Trinajstić information content (AvgIpc) is 2.74. The molecule has 0 N–H and O–H groups in total. The summed E-state index contributed by atoms with van der Waals surface area (Å²) in [5.41, 5.74) is 0. The maximum absolute atomic E-state index is 11.8. The lowest BCUT2D eigenvalue weighted by molar-refractivity contribution is 0.589. The molecule has 0 unspecified atom stereocenters. The highest BCUT2D eigenvalue weighted by molar-refractivity contribution is 7.95. The van der Waals surface area contributed by atoms with Gasteiger partial charge in [-0.3, -0.25) is 0 Å². The topological polar surface area (TPSA) is 34.1 Å². The van der Waals surface area contributed by atoms with Gasteiger partial charge in [0.2, 0.25) is 0 Å². The van der Waals surface area contributed by atoms with E-state index in [9.17, 15) is 8.42 Å². The van der Waals surface area contributed by atoms with Gasteiger partial charge in [0.05, 0.1) is 4.75 Å². The van der Waals surface area contributed by atoms with Gasteiger partial charge in [-0.2, -0.15) is 0 Å². The van der Waals surface area contributed by atoms with E-state index in [-0.39, 0.29) is 4.75 Å². The Balaban J connectivity index is 2.12. The Labute approximate surface area is 75.1 Å². The Kier molecular flexibility index (Phi) is 1.05. The Morgan fingerprint density at radius 2 is 2.17 bits per heavy atom. The highest BCUT2D eigenvalue weighted by atomic mass is 32.2. The van der Waals surface area contributed by atoms with E-state index in [0.717, 1.165) is 12.8 Å². The van der Waals surface area contributed by atoms with E-state index in [4.69, 9.17) is 0 Å². The van der Waals surface area contributed by atoms with E-state index >= 15 is 0 Å². The van der Waals surface area contributed by atoms with Crippen molar-refractivity contribution in [3.63, 3.8) is 0 Å². The number of rotatable bonds is 2. The van der Waals surface area contributed by atoms with Crippen molar-refractivity contribution >= 4 is 21.2 Å². The van der Waals surface area contributed by atoms with E-state index < -0.39 is 9.84 Å². The summed E-state index contributed by atoms with van der Waals surface area (Å²) < 4.78 is 23.9. The maximum Gasteiger partial charge on any atom is 0.193 e. The van der Waals surface area contributed by atoms with Crippen LogP contribution in [-0.4, -0.2) is 13.2 Å². The zero-order valence-corrected chi connectivity index (χ0v) is 7.99. The summed E-state index contributed by atoms with van der Waals surface area (Å²) in [5.74, 6) is 0.504. The molecule has 0 radical (unpaired) electrons. The molecule has 2 aliphatic rings. The van der Waals surface area contributed by atoms with Gasteiger partial charge in [0.25, 0.3) is 0 Å². The minimum atomic E-state index is -2.93. The highest BCUT2D eigenvalue weighted by Gasteiger charge is 2.78. The van der Waals surface area contributed by atoms with Crippen LogP contribution in [0.4, 0.5) is 0 Å². The molecule has 1 heterocycles. The Hall–Kier alpha value is -0.350. The van der Waals surface area contributed by atoms with Crippen LogP contribution < -0.4 is 0 Å². The minimum Gasteiger partial charge on any atom is -0.222 e. The molecule has 2 nitrogen and oxygen atoms in total. The second kappa shape index (κ2) is 1.77. The van der Waals surface area contributed by atoms with Gasteiger partial charge in [-0.1, -0.05) is 6.07 Å². The van der Waals surface area contributed by atoms with Gasteiger partial charge in [-0.15, -0.1) is 11.3 Å². The number of fused-ring (bicyclic) bond motifs is 1. The second-order valence-electron chi connectivity index (χ2n) is 3.61. The van der Waals surface area contributed by atoms with E-state index in [1.807, 2.05) is 5.38 Å². The molecule has 12 heavy (non-hydrogen) atoms. The van der Waals surface area contributed by atoms with Gasteiger partial charge in [-0.25, -0.2) is 8.42 Å². The first-order valence-corrected chi connectivity index (χ1v) is 6.31. The summed E-state index contributed by atoms with van der Waals surface area (Å²) in [6.07, 6.45) is 1.82. The molecule has 2 saturated carbocycles. The van der Waals surface area contributed by atoms with Crippen LogP contribution in [-0.2, 0) is 9.84 Å². The van der Waals surface area contributed by atoms with E-state index in [0.29, 0.717) is 10.1 Å². The van der Waals surface area contributed by atoms with Crippen LogP contribution in [0.25, 0.3) is 0 Å². The zero-order chi connectivity index (χ0) is 8.40. The van der Waals surface area contributed by atoms with Crippen molar-refractivity contribution in [1.82, 2.24) is 0 Å². The Morgan fingerprint density at radius 1 is 1.50 bits per heavy atom. The normalized spacial score (nSPS) is 37.5. The first-order chi connectivity index (χ1) is 5.67. The smallest absolute Gasteiger partial charge is 0.193 e. The number of hydrogen-bond acceptors (Lipinski definition) is 3. The summed E-state index contributed by atoms with van der Waals surface area (Å²) in [6, 6.07) is 3.51. The van der Waals surface area contributed by atoms with E-state index in [2.05, 4.69) is 0 Å². The largest absolute Gasteiger partial charge is 0.222 e. The molecule has 0 amide bonds. The maximum atomic E-state index is 11.8. The molecule has 4 heteroatoms. The third-order valence-corrected chi connectivity index (χ3v) is 6.91. The van der Waals surface area contributed by atoms with Crippen LogP contribution in [0.5, 0.6) is 0 Å². The van der Waals surface area contributed by atoms with Crippen molar-refractivity contribution in [3.05, 3.63) is 17.5 Å². The average molecular weight is 200 g/mol. The first kappa shape index (κ1) is 7.09. The molecular weight excluding hydrogens is 192 g/mol. The monoisotopic (exact) mass is 200 g/mol. The fraction of sp³-hybridized carbons (Fsp3) is 0.500. The molecule has 0 atom stereocenters. The number of thiophene rings is 1. The molecule has 0 bridgehead atoms. The third-order valence-electron chi connectivity index (χ3n) is 2.90. The summed E-state index contributed by atoms with van der Waals surface area (Å²) in [6.45, 7) is 0. The SMILES string of the molecule is O=S(=O)(c1cccs1)C12CC1C2. The Morgan fingerprint density at radius 3 is 2.58 bits per heavy atom. The predicted molar refractivity (Wildman–Crippen MR) is 47.0 cm³/mol. The molecule has 2 fully saturated rings. The predicted octanol–water partition coefficient (Wildman–Crippen LogP) is 1.68. The van der Waals surface area contributed by atoms with E-state index in [1.54, 1.807) is 12.1 Å². The summed E-state index contributed by atoms with van der Waals surface area (Å²) in [7, 11) is -2.93. The van der Waals surface area contributed by atoms with Crippen LogP contribution in [0.2, 0.25) is 0 Å². The quantitative estimate of drug-likeness (QED) is 0.728. The van der Waals surface area contributed by atoms with Crippen molar-refractivity contribution in [2.24, 2.45) is 5.92 Å². The van der Waals surface area contributed by atoms with Gasteiger partial charge in [0.1, 0.15) is 4.21 Å². The van der Waals surface area contributed by atoms with Crippen molar-refractivity contribution in [2.75, 3.05) is 0 Å². The standard InChI is InChI=1S/C8H8O2S2/c9-12(10,7-2-1-3-11-7)8-4-6(8)5-8/h1-3,6H,4-5H2. The van der Waals surface area contributed by atoms with Crippen LogP contribution in [0, 0.1) is 5.92 Å². The highest BCUT2D eigenvalue weighted by Crippen LogP contribution is 2.73. The molecule has 64 valence electrons. The van der Waals surface area contributed by atoms with Crippen molar-refractivity contribution in [1.29, 1.82) is 0 Å². The van der Waals surface area contributed by atoms with Crippen molar-refractivity contribution < 1.29 is 8.42 Å². The number of sulfone groups is 1. The van der Waals surface area contributed by atoms with Gasteiger partial charge in [-0.05, 0) is 30.2 Å². The van der Waals surface area contributed by atoms with Crippen LogP contribution in [0.1, 0.15) is 12.8 Å². The lowest BCUT2D eigenvalue weighted by Crippen LogP contribution is -2.12. The third kappa shape index (κ3) is 0.638. The van der Waals surface area contributed by atoms with E-state index in [1.165, 1.54) is 11.3 Å². The fourth-order valence-electron chi connectivity index (χ4n) is 1.71. The molecule has 0 aliphatic heterocycles. The molecular formula is C8H8O2S2. The van der Waals surface area contributed by atoms with Gasteiger partial charge in [0.15, 0.2) is 9.84 Å². The lowest BCUT2D eigenvalue weighted by Gasteiger charge is -2.02. The van der Waals surface area contributed by atoms with Gasteiger partial charge >= 0.3 is 0 Å². The van der Waals surface area contributed by atoms with Crippen LogP contribution >= 0.6 is 11.3 Å². The number of hydrogen-bond donors (Lipinski definition) is 0. The molecule has 1 aromatic heterocycles. The molecule has 0 aromatic carbocycles. The fourth-order valence-corrected chi connectivity index (χ4v) is 5.27. The van der Waals surface area contributed by atoms with Crippen LogP contribution in [0.15, 0.2) is 21.7 Å². The Bertz CT molecular complexity index is 410. The second-order valence-corrected chi connectivity index (χ2v) is 7.07. The van der Waals surface area contributed by atoms with Gasteiger partial charge < -0.3 is 0 Å².